The highest BCUT2D eigenvalue weighted by Gasteiger charge is 2.21. The predicted octanol–water partition coefficient (Wildman–Crippen LogP) is 8.87. The highest BCUT2D eigenvalue weighted by Crippen LogP contribution is 2.43. The maximum absolute atomic E-state index is 13.0. The number of methoxy groups -OCH3 is 1. The number of fused-ring (bicyclic) bond motifs is 1. The number of hydrogen-bond donors (Lipinski definition) is 2. The van der Waals surface area contributed by atoms with E-state index in [1.54, 1.807) is 12.1 Å². The van der Waals surface area contributed by atoms with Gasteiger partial charge in [-0.05, 0) is 91.2 Å². The molecule has 0 saturated carbocycles. The molecule has 4 aromatic carbocycles. The molecule has 0 aliphatic rings. The first kappa shape index (κ1) is 28.1. The zero-order valence-corrected chi connectivity index (χ0v) is 23.5. The van der Waals surface area contributed by atoms with E-state index in [1.807, 2.05) is 74.5 Å². The number of esters is 1. The van der Waals surface area contributed by atoms with Gasteiger partial charge in [0.05, 0.1) is 18.2 Å². The number of carbonyl (C=O) groups excluding carboxylic acids is 1. The van der Waals surface area contributed by atoms with Gasteiger partial charge >= 0.3 is 5.97 Å². The molecule has 0 aliphatic heterocycles. The average molecular weight is 559 g/mol. The smallest absolute Gasteiger partial charge is 0.343 e. The molecule has 42 heavy (non-hydrogen) atoms. The van der Waals surface area contributed by atoms with Crippen molar-refractivity contribution in [2.24, 2.45) is 0 Å². The van der Waals surface area contributed by atoms with Crippen LogP contribution in [0, 0.1) is 0 Å². The third-order valence-electron chi connectivity index (χ3n) is 6.80. The fraction of sp³-hybridized carbons (Fsp3) is 0.0833. The summed E-state index contributed by atoms with van der Waals surface area (Å²) in [6.45, 7) is 8.16. The van der Waals surface area contributed by atoms with Crippen molar-refractivity contribution >= 4 is 34.7 Å². The van der Waals surface area contributed by atoms with Crippen LogP contribution in [0.15, 0.2) is 102 Å². The molecule has 5 aromatic rings. The number of hydrogen-bond acceptors (Lipinski definition) is 6. The summed E-state index contributed by atoms with van der Waals surface area (Å²) in [6.07, 6.45) is 7.81. The summed E-state index contributed by atoms with van der Waals surface area (Å²) in [6, 6.07) is 22.3. The van der Waals surface area contributed by atoms with Crippen LogP contribution in [0.3, 0.4) is 0 Å². The fourth-order valence-corrected chi connectivity index (χ4v) is 4.73. The highest BCUT2D eigenvalue weighted by molar-refractivity contribution is 5.94. The molecule has 0 unspecified atom stereocenters. The summed E-state index contributed by atoms with van der Waals surface area (Å²) in [5.74, 6) is 0.656. The van der Waals surface area contributed by atoms with Gasteiger partial charge in [0.1, 0.15) is 34.3 Å². The van der Waals surface area contributed by atoms with Crippen molar-refractivity contribution in [3.63, 3.8) is 0 Å². The van der Waals surface area contributed by atoms with Gasteiger partial charge in [-0.2, -0.15) is 0 Å². The van der Waals surface area contributed by atoms with Gasteiger partial charge in [0.2, 0.25) is 0 Å². The molecule has 0 fully saturated rings. The fourth-order valence-electron chi connectivity index (χ4n) is 4.73. The quantitative estimate of drug-likeness (QED) is 0.146. The molecule has 2 N–H and O–H groups in total. The first-order valence-corrected chi connectivity index (χ1v) is 13.4. The molecule has 0 bridgehead atoms. The molecule has 1 aromatic heterocycles. The largest absolute Gasteiger partial charge is 0.508 e. The molecule has 1 heterocycles. The maximum atomic E-state index is 13.0. The van der Waals surface area contributed by atoms with E-state index in [4.69, 9.17) is 13.9 Å². The second-order valence-electron chi connectivity index (χ2n) is 9.65. The van der Waals surface area contributed by atoms with Gasteiger partial charge in [0.15, 0.2) is 0 Å². The summed E-state index contributed by atoms with van der Waals surface area (Å²) in [4.78, 5) is 13.0. The summed E-state index contributed by atoms with van der Waals surface area (Å²) in [5.41, 5.74) is 4.91. The van der Waals surface area contributed by atoms with E-state index in [9.17, 15) is 15.0 Å². The van der Waals surface area contributed by atoms with Gasteiger partial charge < -0.3 is 24.1 Å². The lowest BCUT2D eigenvalue weighted by Crippen LogP contribution is -2.10. The van der Waals surface area contributed by atoms with E-state index >= 15 is 0 Å². The predicted molar refractivity (Wildman–Crippen MR) is 167 cm³/mol. The van der Waals surface area contributed by atoms with Gasteiger partial charge in [-0.3, -0.25) is 0 Å². The standard InChI is InChI=1S/C36H30O6/c1-5-7-23-9-15-32-26(17-23)19-35(41-32)30-20-28(31(38)21-34(30)40-4)22(3)29-18-24(8-6-2)10-16-33(29)42-36(39)25-11-13-27(37)14-12-25/h5-21,37-38H,3H2,1-2,4H3/b7-5+,8-6+. The van der Waals surface area contributed by atoms with Crippen LogP contribution >= 0.6 is 0 Å². The second-order valence-corrected chi connectivity index (χ2v) is 9.65. The van der Waals surface area contributed by atoms with E-state index in [1.165, 1.54) is 37.4 Å². The first-order chi connectivity index (χ1) is 20.3. The molecular formula is C36H30O6. The minimum Gasteiger partial charge on any atom is -0.508 e. The van der Waals surface area contributed by atoms with Crippen molar-refractivity contribution in [1.29, 1.82) is 0 Å². The number of benzene rings is 4. The van der Waals surface area contributed by atoms with Crippen molar-refractivity contribution in [3.05, 3.63) is 125 Å². The monoisotopic (exact) mass is 558 g/mol. The SMILES string of the molecule is C=C(c1cc(-c2cc3cc(/C=C/C)ccc3o2)c(OC)cc1O)c1cc(/C=C/C)ccc1OC(=O)c1ccc(O)cc1. The topological polar surface area (TPSA) is 89.1 Å². The number of carbonyl (C=O) groups is 1. The normalized spacial score (nSPS) is 11.4. The minimum atomic E-state index is -0.595. The third-order valence-corrected chi connectivity index (χ3v) is 6.80. The second kappa shape index (κ2) is 11.9. The summed E-state index contributed by atoms with van der Waals surface area (Å²) in [5, 5.41) is 21.6. The Balaban J connectivity index is 1.59. The Hall–Kier alpha value is -5.49. The molecule has 0 atom stereocenters. The van der Waals surface area contributed by atoms with Crippen LogP contribution in [0.2, 0.25) is 0 Å². The number of phenolic OH excluding ortho intramolecular Hbond substituents is 2. The van der Waals surface area contributed by atoms with Gasteiger partial charge in [0.25, 0.3) is 0 Å². The lowest BCUT2D eigenvalue weighted by atomic mass is 9.94. The maximum Gasteiger partial charge on any atom is 0.343 e. The van der Waals surface area contributed by atoms with E-state index in [0.717, 1.165) is 22.1 Å². The third kappa shape index (κ3) is 5.69. The van der Waals surface area contributed by atoms with E-state index in [2.05, 4.69) is 6.58 Å². The Bertz CT molecular complexity index is 1850. The Kier molecular flexibility index (Phi) is 7.98. The first-order valence-electron chi connectivity index (χ1n) is 13.4. The number of allylic oxidation sites excluding steroid dienone is 2. The van der Waals surface area contributed by atoms with Crippen LogP contribution in [0.25, 0.3) is 40.0 Å². The summed E-state index contributed by atoms with van der Waals surface area (Å²) < 4.78 is 17.6. The van der Waals surface area contributed by atoms with Gasteiger partial charge in [0, 0.05) is 22.6 Å². The van der Waals surface area contributed by atoms with Gasteiger partial charge in [-0.15, -0.1) is 0 Å². The molecular weight excluding hydrogens is 528 g/mol. The van der Waals surface area contributed by atoms with Crippen LogP contribution in [-0.4, -0.2) is 23.3 Å². The molecule has 0 aliphatic carbocycles. The van der Waals surface area contributed by atoms with Crippen LogP contribution in [0.5, 0.6) is 23.0 Å². The molecule has 5 rings (SSSR count). The number of furan rings is 1. The van der Waals surface area contributed by atoms with Gasteiger partial charge in [-0.1, -0.05) is 43.0 Å². The van der Waals surface area contributed by atoms with Crippen molar-refractivity contribution in [2.75, 3.05) is 7.11 Å². The molecule has 210 valence electrons. The number of ether oxygens (including phenoxy) is 2. The molecule has 0 spiro atoms. The zero-order valence-electron chi connectivity index (χ0n) is 23.5. The molecule has 6 heteroatoms. The van der Waals surface area contributed by atoms with Crippen molar-refractivity contribution in [2.45, 2.75) is 13.8 Å². The number of phenols is 2. The molecule has 0 amide bonds. The van der Waals surface area contributed by atoms with Crippen LogP contribution in [0.4, 0.5) is 0 Å². The molecule has 0 saturated heterocycles. The Morgan fingerprint density at radius 2 is 1.50 bits per heavy atom. The van der Waals surface area contributed by atoms with Crippen molar-refractivity contribution in [1.82, 2.24) is 0 Å². The molecule has 0 radical (unpaired) electrons. The van der Waals surface area contributed by atoms with Gasteiger partial charge in [-0.25, -0.2) is 4.79 Å². The van der Waals surface area contributed by atoms with E-state index in [-0.39, 0.29) is 22.8 Å². The zero-order chi connectivity index (χ0) is 29.8. The Morgan fingerprint density at radius 3 is 2.19 bits per heavy atom. The average Bonchev–Trinajstić information content (AvgIpc) is 3.41. The van der Waals surface area contributed by atoms with Crippen LogP contribution < -0.4 is 9.47 Å². The number of rotatable bonds is 8. The Labute approximate surface area is 244 Å². The van der Waals surface area contributed by atoms with Crippen molar-refractivity contribution in [3.8, 4) is 34.3 Å². The van der Waals surface area contributed by atoms with E-state index < -0.39 is 5.97 Å². The van der Waals surface area contributed by atoms with Crippen molar-refractivity contribution < 1.29 is 28.9 Å². The highest BCUT2D eigenvalue weighted by atomic mass is 16.5. The Morgan fingerprint density at radius 1 is 0.810 bits per heavy atom. The lowest BCUT2D eigenvalue weighted by Gasteiger charge is -2.17. The van der Waals surface area contributed by atoms with E-state index in [0.29, 0.717) is 33.8 Å². The molecule has 6 nitrogen and oxygen atoms in total. The lowest BCUT2D eigenvalue weighted by molar-refractivity contribution is 0.0734. The summed E-state index contributed by atoms with van der Waals surface area (Å²) >= 11 is 0. The summed E-state index contributed by atoms with van der Waals surface area (Å²) in [7, 11) is 1.53. The minimum absolute atomic E-state index is 0.0461. The number of aromatic hydroxyl groups is 2. The van der Waals surface area contributed by atoms with Crippen LogP contribution in [0.1, 0.15) is 46.5 Å². The van der Waals surface area contributed by atoms with Crippen LogP contribution in [-0.2, 0) is 0 Å².